The molecule has 3 aliphatic carbocycles. The van der Waals surface area contributed by atoms with Gasteiger partial charge in [0.05, 0.1) is 6.10 Å². The Bertz CT molecular complexity index is 904. The summed E-state index contributed by atoms with van der Waals surface area (Å²) in [5.41, 5.74) is 5.38. The molecular weight excluding hydrogens is 400 g/mol. The standard InChI is InChI=1S/C28H40O4/c1-18(21-14-19(6-4-12-29)16-23(25(21)31)27(2)8-9-27)22-15-20(7-5-13-30)17-24(26(22)32)28(3)10-11-28/h14-18,23,25,29-32H,4-13H2,1-3H3. The zero-order valence-corrected chi connectivity index (χ0v) is 19.9. The number of aryl methyl sites for hydroxylation is 1. The molecule has 4 rings (SSSR count). The monoisotopic (exact) mass is 440 g/mol. The fraction of sp³-hybridized carbons (Fsp3) is 0.643. The van der Waals surface area contributed by atoms with E-state index in [1.807, 2.05) is 0 Å². The molecule has 0 bridgehead atoms. The van der Waals surface area contributed by atoms with Crippen molar-refractivity contribution in [3.05, 3.63) is 52.1 Å². The maximum Gasteiger partial charge on any atom is 0.123 e. The summed E-state index contributed by atoms with van der Waals surface area (Å²) >= 11 is 0. The van der Waals surface area contributed by atoms with Crippen LogP contribution in [0.3, 0.4) is 0 Å². The number of allylic oxidation sites excluding steroid dienone is 2. The first-order chi connectivity index (χ1) is 15.2. The molecule has 176 valence electrons. The summed E-state index contributed by atoms with van der Waals surface area (Å²) in [7, 11) is 0. The Morgan fingerprint density at radius 1 is 1.00 bits per heavy atom. The second-order valence-corrected chi connectivity index (χ2v) is 11.0. The summed E-state index contributed by atoms with van der Waals surface area (Å²) in [4.78, 5) is 0. The van der Waals surface area contributed by atoms with E-state index in [9.17, 15) is 20.4 Å². The van der Waals surface area contributed by atoms with E-state index in [-0.39, 0.29) is 35.9 Å². The van der Waals surface area contributed by atoms with E-state index >= 15 is 0 Å². The highest BCUT2D eigenvalue weighted by atomic mass is 16.3. The molecule has 0 spiro atoms. The Hall–Kier alpha value is -1.62. The largest absolute Gasteiger partial charge is 0.507 e. The first-order valence-electron chi connectivity index (χ1n) is 12.4. The molecule has 4 N–H and O–H groups in total. The zero-order chi connectivity index (χ0) is 23.1. The van der Waals surface area contributed by atoms with Gasteiger partial charge < -0.3 is 20.4 Å². The number of phenolic OH excluding ortho intramolecular Hbond substituents is 1. The van der Waals surface area contributed by atoms with Crippen molar-refractivity contribution in [2.45, 2.75) is 89.6 Å². The van der Waals surface area contributed by atoms with Crippen LogP contribution in [-0.4, -0.2) is 39.7 Å². The predicted molar refractivity (Wildman–Crippen MR) is 128 cm³/mol. The normalized spacial score (nSPS) is 26.3. The third-order valence-electron chi connectivity index (χ3n) is 8.33. The van der Waals surface area contributed by atoms with Crippen LogP contribution in [0.2, 0.25) is 0 Å². The molecule has 0 amide bonds. The molecule has 0 aliphatic heterocycles. The SMILES string of the molecule is CC(C1=CC(CCCO)=CC(C2(C)CC2)C1O)c1cc(CCCO)cc(C2(C)CC2)c1O. The Balaban J connectivity index is 1.72. The number of hydrogen-bond acceptors (Lipinski definition) is 4. The molecular formula is C28H40O4. The quantitative estimate of drug-likeness (QED) is 0.418. The summed E-state index contributed by atoms with van der Waals surface area (Å²) < 4.78 is 0. The van der Waals surface area contributed by atoms with Crippen LogP contribution < -0.4 is 0 Å². The number of rotatable bonds is 10. The van der Waals surface area contributed by atoms with Crippen molar-refractivity contribution >= 4 is 0 Å². The topological polar surface area (TPSA) is 80.9 Å². The molecule has 3 unspecified atom stereocenters. The molecule has 4 nitrogen and oxygen atoms in total. The second kappa shape index (κ2) is 8.96. The zero-order valence-electron chi connectivity index (χ0n) is 19.9. The smallest absolute Gasteiger partial charge is 0.123 e. The molecule has 2 saturated carbocycles. The molecule has 0 aromatic heterocycles. The van der Waals surface area contributed by atoms with E-state index in [4.69, 9.17) is 0 Å². The summed E-state index contributed by atoms with van der Waals surface area (Å²) in [6, 6.07) is 4.21. The summed E-state index contributed by atoms with van der Waals surface area (Å²) in [6.45, 7) is 6.88. The van der Waals surface area contributed by atoms with Gasteiger partial charge in [0, 0.05) is 36.2 Å². The lowest BCUT2D eigenvalue weighted by molar-refractivity contribution is 0.118. The molecule has 0 saturated heterocycles. The van der Waals surface area contributed by atoms with E-state index in [2.05, 4.69) is 45.1 Å². The van der Waals surface area contributed by atoms with Gasteiger partial charge >= 0.3 is 0 Å². The summed E-state index contributed by atoms with van der Waals surface area (Å²) in [5, 5.41) is 41.5. The second-order valence-electron chi connectivity index (χ2n) is 11.0. The van der Waals surface area contributed by atoms with Crippen LogP contribution in [0.5, 0.6) is 5.75 Å². The highest BCUT2D eigenvalue weighted by Crippen LogP contribution is 2.57. The minimum atomic E-state index is -0.559. The highest BCUT2D eigenvalue weighted by molar-refractivity contribution is 5.54. The van der Waals surface area contributed by atoms with Crippen molar-refractivity contribution in [2.24, 2.45) is 11.3 Å². The highest BCUT2D eigenvalue weighted by Gasteiger charge is 2.49. The van der Waals surface area contributed by atoms with Crippen molar-refractivity contribution in [2.75, 3.05) is 13.2 Å². The number of aliphatic hydroxyl groups is 3. The van der Waals surface area contributed by atoms with Crippen LogP contribution in [0.25, 0.3) is 0 Å². The van der Waals surface area contributed by atoms with Crippen molar-refractivity contribution in [1.29, 1.82) is 0 Å². The fourth-order valence-corrected chi connectivity index (χ4v) is 5.38. The van der Waals surface area contributed by atoms with Gasteiger partial charge in [0.15, 0.2) is 0 Å². The van der Waals surface area contributed by atoms with Crippen LogP contribution in [0.1, 0.15) is 88.3 Å². The van der Waals surface area contributed by atoms with Crippen LogP contribution in [0.15, 0.2) is 35.4 Å². The number of hydrogen-bond donors (Lipinski definition) is 4. The van der Waals surface area contributed by atoms with E-state index in [0.29, 0.717) is 18.6 Å². The number of aromatic hydroxyl groups is 1. The van der Waals surface area contributed by atoms with E-state index < -0.39 is 6.10 Å². The van der Waals surface area contributed by atoms with Crippen molar-refractivity contribution in [1.82, 2.24) is 0 Å². The lowest BCUT2D eigenvalue weighted by Crippen LogP contribution is -2.32. The molecule has 0 radical (unpaired) electrons. The number of benzene rings is 1. The van der Waals surface area contributed by atoms with Gasteiger partial charge in [-0.25, -0.2) is 0 Å². The number of phenols is 1. The first kappa shape index (κ1) is 23.5. The van der Waals surface area contributed by atoms with Crippen LogP contribution in [0.4, 0.5) is 0 Å². The molecule has 1 aromatic rings. The van der Waals surface area contributed by atoms with E-state index in [1.165, 1.54) is 5.57 Å². The third kappa shape index (κ3) is 4.55. The average Bonchev–Trinajstić information content (AvgIpc) is 3.70. The summed E-state index contributed by atoms with van der Waals surface area (Å²) in [6.07, 6.45) is 11.2. The van der Waals surface area contributed by atoms with Gasteiger partial charge in [-0.05, 0) is 73.3 Å². The third-order valence-corrected chi connectivity index (χ3v) is 8.33. The molecule has 3 atom stereocenters. The maximum absolute atomic E-state index is 11.4. The first-order valence-corrected chi connectivity index (χ1v) is 12.4. The lowest BCUT2D eigenvalue weighted by Gasteiger charge is -2.35. The minimum Gasteiger partial charge on any atom is -0.507 e. The van der Waals surface area contributed by atoms with Gasteiger partial charge in [-0.1, -0.05) is 50.6 Å². The Morgan fingerprint density at radius 3 is 2.25 bits per heavy atom. The molecule has 2 fully saturated rings. The molecule has 4 heteroatoms. The van der Waals surface area contributed by atoms with Gasteiger partial charge in [0.1, 0.15) is 5.75 Å². The lowest BCUT2D eigenvalue weighted by atomic mass is 9.72. The van der Waals surface area contributed by atoms with Gasteiger partial charge in [-0.3, -0.25) is 0 Å². The minimum absolute atomic E-state index is 0.0313. The van der Waals surface area contributed by atoms with Crippen LogP contribution >= 0.6 is 0 Å². The number of aliphatic hydroxyl groups excluding tert-OH is 3. The van der Waals surface area contributed by atoms with Crippen molar-refractivity contribution in [3.8, 4) is 5.75 Å². The van der Waals surface area contributed by atoms with Crippen LogP contribution in [-0.2, 0) is 11.8 Å². The predicted octanol–water partition coefficient (Wildman–Crippen LogP) is 4.89. The summed E-state index contributed by atoms with van der Waals surface area (Å²) in [5.74, 6) is 0.348. The maximum atomic E-state index is 11.4. The van der Waals surface area contributed by atoms with Gasteiger partial charge in [0.25, 0.3) is 0 Å². The van der Waals surface area contributed by atoms with E-state index in [1.54, 1.807) is 0 Å². The molecule has 1 aromatic carbocycles. The Morgan fingerprint density at radius 2 is 1.66 bits per heavy atom. The molecule has 32 heavy (non-hydrogen) atoms. The van der Waals surface area contributed by atoms with Gasteiger partial charge in [-0.15, -0.1) is 0 Å². The fourth-order valence-electron chi connectivity index (χ4n) is 5.38. The van der Waals surface area contributed by atoms with E-state index in [0.717, 1.165) is 60.8 Å². The average molecular weight is 441 g/mol. The molecule has 3 aliphatic rings. The van der Waals surface area contributed by atoms with Crippen molar-refractivity contribution < 1.29 is 20.4 Å². The van der Waals surface area contributed by atoms with Crippen molar-refractivity contribution in [3.63, 3.8) is 0 Å². The van der Waals surface area contributed by atoms with Gasteiger partial charge in [-0.2, -0.15) is 0 Å². The Labute approximate surface area is 192 Å². The van der Waals surface area contributed by atoms with Crippen LogP contribution in [0, 0.1) is 11.3 Å². The van der Waals surface area contributed by atoms with Gasteiger partial charge in [0.2, 0.25) is 0 Å². The Kier molecular flexibility index (Phi) is 6.59. The molecule has 0 heterocycles.